The van der Waals surface area contributed by atoms with E-state index in [0.29, 0.717) is 0 Å². The van der Waals surface area contributed by atoms with Gasteiger partial charge in [0.25, 0.3) is 0 Å². The van der Waals surface area contributed by atoms with Crippen LogP contribution >= 0.6 is 0 Å². The van der Waals surface area contributed by atoms with Crippen LogP contribution in [0.1, 0.15) is 12.5 Å². The number of hydrogen-bond acceptors (Lipinski definition) is 4. The molecule has 0 aliphatic carbocycles. The molecule has 2 amide bonds. The maximum absolute atomic E-state index is 12.4. The molecule has 0 aromatic heterocycles. The van der Waals surface area contributed by atoms with Crippen LogP contribution in [0.3, 0.4) is 0 Å². The normalized spacial score (nSPS) is 17.1. The summed E-state index contributed by atoms with van der Waals surface area (Å²) in [7, 11) is -3.05. The van der Waals surface area contributed by atoms with Crippen molar-refractivity contribution < 1.29 is 18.0 Å². The maximum atomic E-state index is 12.4. The average molecular weight is 413 g/mol. The van der Waals surface area contributed by atoms with Gasteiger partial charge in [-0.25, -0.2) is 8.42 Å². The monoisotopic (exact) mass is 412 g/mol. The second-order valence-corrected chi connectivity index (χ2v) is 9.34. The fraction of sp³-hybridized carbons (Fsp3) is 0.273. The summed E-state index contributed by atoms with van der Waals surface area (Å²) in [5.74, 6) is -0.706. The second-order valence-electron chi connectivity index (χ2n) is 7.03. The highest BCUT2D eigenvalue weighted by Crippen LogP contribution is 2.20. The van der Waals surface area contributed by atoms with Crippen molar-refractivity contribution in [3.05, 3.63) is 66.2 Å². The van der Waals surface area contributed by atoms with Gasteiger partial charge in [-0.05, 0) is 35.8 Å². The van der Waals surface area contributed by atoms with E-state index in [-0.39, 0.29) is 36.4 Å². The van der Waals surface area contributed by atoms with Crippen LogP contribution in [0.15, 0.2) is 60.7 Å². The van der Waals surface area contributed by atoms with E-state index >= 15 is 0 Å². The predicted molar refractivity (Wildman–Crippen MR) is 114 cm³/mol. The lowest BCUT2D eigenvalue weighted by Crippen LogP contribution is -2.51. The lowest BCUT2D eigenvalue weighted by Gasteiger charge is -2.29. The Labute approximate surface area is 171 Å². The summed E-state index contributed by atoms with van der Waals surface area (Å²) < 4.78 is 23.0. The molecule has 0 spiro atoms. The Morgan fingerprint density at radius 1 is 1.00 bits per heavy atom. The van der Waals surface area contributed by atoms with Crippen LogP contribution in [-0.2, 0) is 19.4 Å². The number of sulfone groups is 1. The zero-order chi connectivity index (χ0) is 20.9. The predicted octanol–water partition coefficient (Wildman–Crippen LogP) is 2.13. The second kappa shape index (κ2) is 9.05. The van der Waals surface area contributed by atoms with Gasteiger partial charge in [0.2, 0.25) is 11.8 Å². The smallest absolute Gasteiger partial charge is 0.244 e. The summed E-state index contributed by atoms with van der Waals surface area (Å²) in [6, 6.07) is 17.1. The van der Waals surface area contributed by atoms with E-state index < -0.39 is 15.9 Å². The molecule has 1 N–H and O–H groups in total. The molecule has 1 atom stereocenters. The standard InChI is InChI=1S/C22H24N2O4S/c1-17(22(26)24-12-14-29(27,28)15-13-24)23-21(25)11-10-18-6-5-9-20(16-18)19-7-3-2-4-8-19/h2-11,16-17H,12-15H2,1H3,(H,23,25). The molecule has 1 aliphatic rings. The average Bonchev–Trinajstić information content (AvgIpc) is 2.72. The van der Waals surface area contributed by atoms with Crippen LogP contribution in [0.5, 0.6) is 0 Å². The maximum Gasteiger partial charge on any atom is 0.244 e. The molecule has 0 saturated carbocycles. The van der Waals surface area contributed by atoms with Crippen LogP contribution in [0.25, 0.3) is 17.2 Å². The Bertz CT molecular complexity index is 1000. The Morgan fingerprint density at radius 2 is 1.66 bits per heavy atom. The van der Waals surface area contributed by atoms with Crippen molar-refractivity contribution in [3.63, 3.8) is 0 Å². The van der Waals surface area contributed by atoms with E-state index in [9.17, 15) is 18.0 Å². The van der Waals surface area contributed by atoms with E-state index in [2.05, 4.69) is 5.32 Å². The summed E-state index contributed by atoms with van der Waals surface area (Å²) in [5.41, 5.74) is 3.02. The van der Waals surface area contributed by atoms with Crippen LogP contribution in [0.2, 0.25) is 0 Å². The number of benzene rings is 2. The zero-order valence-electron chi connectivity index (χ0n) is 16.2. The van der Waals surface area contributed by atoms with Gasteiger partial charge in [0, 0.05) is 19.2 Å². The van der Waals surface area contributed by atoms with Crippen molar-refractivity contribution in [3.8, 4) is 11.1 Å². The van der Waals surface area contributed by atoms with E-state index in [1.165, 1.54) is 11.0 Å². The summed E-state index contributed by atoms with van der Waals surface area (Å²) in [4.78, 5) is 26.1. The molecule has 1 aliphatic heterocycles. The van der Waals surface area contributed by atoms with Crippen LogP contribution in [-0.4, -0.2) is 55.8 Å². The first kappa shape index (κ1) is 20.8. The molecule has 0 bridgehead atoms. The Morgan fingerprint density at radius 3 is 2.34 bits per heavy atom. The van der Waals surface area contributed by atoms with Crippen molar-refractivity contribution in [1.82, 2.24) is 10.2 Å². The minimum absolute atomic E-state index is 0.0307. The van der Waals surface area contributed by atoms with Crippen molar-refractivity contribution in [2.45, 2.75) is 13.0 Å². The molecule has 2 aromatic carbocycles. The van der Waals surface area contributed by atoms with Gasteiger partial charge < -0.3 is 10.2 Å². The van der Waals surface area contributed by atoms with Crippen molar-refractivity contribution >= 4 is 27.7 Å². The highest BCUT2D eigenvalue weighted by molar-refractivity contribution is 7.91. The molecule has 6 nitrogen and oxygen atoms in total. The topological polar surface area (TPSA) is 83.6 Å². The molecule has 2 aromatic rings. The molecule has 3 rings (SSSR count). The highest BCUT2D eigenvalue weighted by Gasteiger charge is 2.28. The number of nitrogens with one attached hydrogen (secondary N) is 1. The van der Waals surface area contributed by atoms with Crippen LogP contribution in [0.4, 0.5) is 0 Å². The summed E-state index contributed by atoms with van der Waals surface area (Å²) in [5, 5.41) is 2.65. The summed E-state index contributed by atoms with van der Waals surface area (Å²) >= 11 is 0. The van der Waals surface area contributed by atoms with Crippen molar-refractivity contribution in [2.24, 2.45) is 0 Å². The molecule has 1 unspecified atom stereocenters. The minimum atomic E-state index is -3.05. The molecular weight excluding hydrogens is 388 g/mol. The summed E-state index contributed by atoms with van der Waals surface area (Å²) in [6.45, 7) is 1.94. The molecule has 1 fully saturated rings. The van der Waals surface area contributed by atoms with E-state index in [1.807, 2.05) is 54.6 Å². The zero-order valence-corrected chi connectivity index (χ0v) is 17.1. The SMILES string of the molecule is CC(NC(=O)C=Cc1cccc(-c2ccccc2)c1)C(=O)N1CCS(=O)(=O)CC1. The lowest BCUT2D eigenvalue weighted by atomic mass is 10.0. The van der Waals surface area contributed by atoms with Crippen LogP contribution in [0, 0.1) is 0 Å². The Hall–Kier alpha value is -2.93. The van der Waals surface area contributed by atoms with Gasteiger partial charge >= 0.3 is 0 Å². The third-order valence-corrected chi connectivity index (χ3v) is 6.42. The Balaban J connectivity index is 1.57. The number of amides is 2. The van der Waals surface area contributed by atoms with Gasteiger partial charge in [0.15, 0.2) is 9.84 Å². The molecule has 0 radical (unpaired) electrons. The van der Waals surface area contributed by atoms with E-state index in [4.69, 9.17) is 0 Å². The van der Waals surface area contributed by atoms with Gasteiger partial charge in [-0.15, -0.1) is 0 Å². The van der Waals surface area contributed by atoms with E-state index in [0.717, 1.165) is 16.7 Å². The fourth-order valence-electron chi connectivity index (χ4n) is 3.15. The minimum Gasteiger partial charge on any atom is -0.341 e. The molecular formula is C22H24N2O4S. The summed E-state index contributed by atoms with van der Waals surface area (Å²) in [6.07, 6.45) is 3.10. The van der Waals surface area contributed by atoms with Crippen LogP contribution < -0.4 is 5.32 Å². The first-order valence-electron chi connectivity index (χ1n) is 9.47. The number of carbonyl (C=O) groups is 2. The molecule has 1 heterocycles. The Kier molecular flexibility index (Phi) is 6.49. The number of rotatable bonds is 5. The molecule has 7 heteroatoms. The van der Waals surface area contributed by atoms with Gasteiger partial charge in [0.1, 0.15) is 6.04 Å². The largest absolute Gasteiger partial charge is 0.341 e. The first-order valence-corrected chi connectivity index (χ1v) is 11.3. The molecule has 1 saturated heterocycles. The van der Waals surface area contributed by atoms with Gasteiger partial charge in [-0.1, -0.05) is 48.5 Å². The lowest BCUT2D eigenvalue weighted by molar-refractivity contribution is -0.134. The number of hydrogen-bond donors (Lipinski definition) is 1. The van der Waals surface area contributed by atoms with Crippen molar-refractivity contribution in [2.75, 3.05) is 24.6 Å². The van der Waals surface area contributed by atoms with Gasteiger partial charge in [0.05, 0.1) is 11.5 Å². The quantitative estimate of drug-likeness (QED) is 0.763. The molecule has 152 valence electrons. The van der Waals surface area contributed by atoms with E-state index in [1.54, 1.807) is 13.0 Å². The van der Waals surface area contributed by atoms with Crippen molar-refractivity contribution in [1.29, 1.82) is 0 Å². The first-order chi connectivity index (χ1) is 13.8. The third-order valence-electron chi connectivity index (χ3n) is 4.81. The fourth-order valence-corrected chi connectivity index (χ4v) is 4.36. The van der Waals surface area contributed by atoms with Gasteiger partial charge in [-0.2, -0.15) is 0 Å². The highest BCUT2D eigenvalue weighted by atomic mass is 32.2. The number of carbonyl (C=O) groups excluding carboxylic acids is 2. The third kappa shape index (κ3) is 5.77. The molecule has 29 heavy (non-hydrogen) atoms. The van der Waals surface area contributed by atoms with Gasteiger partial charge in [-0.3, -0.25) is 9.59 Å². The number of nitrogens with zero attached hydrogens (tertiary/aromatic N) is 1.